The summed E-state index contributed by atoms with van der Waals surface area (Å²) in [5.41, 5.74) is 0. The summed E-state index contributed by atoms with van der Waals surface area (Å²) < 4.78 is 0. The lowest BCUT2D eigenvalue weighted by Gasteiger charge is -1.98. The number of hydrogen-bond acceptors (Lipinski definition) is 4. The molecule has 68 valence electrons. The van der Waals surface area contributed by atoms with Crippen LogP contribution in [-0.2, 0) is 0 Å². The van der Waals surface area contributed by atoms with Crippen molar-refractivity contribution in [3.63, 3.8) is 0 Å². The van der Waals surface area contributed by atoms with E-state index in [1.165, 1.54) is 11.8 Å². The lowest BCUT2D eigenvalue weighted by atomic mass is 10.3. The van der Waals surface area contributed by atoms with Gasteiger partial charge in [-0.1, -0.05) is 11.8 Å². The van der Waals surface area contributed by atoms with Crippen LogP contribution in [0, 0.1) is 11.5 Å². The van der Waals surface area contributed by atoms with Crippen LogP contribution in [0.25, 0.3) is 0 Å². The van der Waals surface area contributed by atoms with Gasteiger partial charge in [0.25, 0.3) is 0 Å². The zero-order chi connectivity index (χ0) is 9.23. The van der Waals surface area contributed by atoms with E-state index in [2.05, 4.69) is 10.3 Å². The zero-order valence-corrected chi connectivity index (χ0v) is 7.89. The van der Waals surface area contributed by atoms with Crippen molar-refractivity contribution in [1.82, 2.24) is 5.32 Å². The topological polar surface area (TPSA) is 68.4 Å². The Morgan fingerprint density at radius 3 is 2.92 bits per heavy atom. The fourth-order valence-corrected chi connectivity index (χ4v) is 0.975. The number of rotatable bonds is 4. The second-order valence-corrected chi connectivity index (χ2v) is 2.85. The molecule has 4 nitrogen and oxygen atoms in total. The van der Waals surface area contributed by atoms with E-state index in [9.17, 15) is 0 Å². The highest BCUT2D eigenvalue weighted by molar-refractivity contribution is 8.13. The Hall–Kier alpha value is -0.730. The summed E-state index contributed by atoms with van der Waals surface area (Å²) >= 11 is 1.41. The highest BCUT2D eigenvalue weighted by Crippen LogP contribution is 1.96. The third-order valence-electron chi connectivity index (χ3n) is 1.18. The Bertz CT molecular complexity index is 176. The van der Waals surface area contributed by atoms with Crippen molar-refractivity contribution in [3.8, 4) is 6.19 Å². The van der Waals surface area contributed by atoms with Crippen LogP contribution in [0.15, 0.2) is 4.99 Å². The van der Waals surface area contributed by atoms with Gasteiger partial charge in [0.1, 0.15) is 0 Å². The van der Waals surface area contributed by atoms with Gasteiger partial charge in [0, 0.05) is 13.2 Å². The summed E-state index contributed by atoms with van der Waals surface area (Å²) in [6.07, 6.45) is 5.28. The maximum absolute atomic E-state index is 8.47. The van der Waals surface area contributed by atoms with Crippen molar-refractivity contribution in [2.75, 3.05) is 19.4 Å². The minimum absolute atomic E-state index is 0.204. The van der Waals surface area contributed by atoms with Gasteiger partial charge in [-0.3, -0.25) is 10.3 Å². The minimum Gasteiger partial charge on any atom is -0.396 e. The van der Waals surface area contributed by atoms with Crippen LogP contribution < -0.4 is 5.32 Å². The van der Waals surface area contributed by atoms with Crippen LogP contribution in [0.4, 0.5) is 0 Å². The first-order valence-corrected chi connectivity index (χ1v) is 4.92. The second-order valence-electron chi connectivity index (χ2n) is 2.06. The molecule has 5 heteroatoms. The quantitative estimate of drug-likeness (QED) is 0.222. The molecule has 0 bridgehead atoms. The zero-order valence-electron chi connectivity index (χ0n) is 7.08. The van der Waals surface area contributed by atoms with Gasteiger partial charge in [-0.2, -0.15) is 5.26 Å². The Labute approximate surface area is 76.7 Å². The maximum Gasteiger partial charge on any atom is 0.183 e. The van der Waals surface area contributed by atoms with E-state index in [4.69, 9.17) is 10.4 Å². The molecule has 0 aromatic carbocycles. The summed E-state index contributed by atoms with van der Waals surface area (Å²) in [4.78, 5) is 4.10. The number of nitriles is 1. The predicted molar refractivity (Wildman–Crippen MR) is 50.9 cm³/mol. The third kappa shape index (κ3) is 6.01. The largest absolute Gasteiger partial charge is 0.396 e. The number of hydrogen-bond donors (Lipinski definition) is 2. The minimum atomic E-state index is 0.204. The molecule has 0 saturated carbocycles. The number of nitrogens with one attached hydrogen (secondary N) is 1. The van der Waals surface area contributed by atoms with E-state index in [0.717, 1.165) is 12.8 Å². The van der Waals surface area contributed by atoms with Crippen LogP contribution in [0.1, 0.15) is 12.8 Å². The van der Waals surface area contributed by atoms with Gasteiger partial charge in [-0.05, 0) is 19.1 Å². The van der Waals surface area contributed by atoms with Gasteiger partial charge >= 0.3 is 0 Å². The fourth-order valence-electron chi connectivity index (χ4n) is 0.607. The number of amidine groups is 1. The van der Waals surface area contributed by atoms with Gasteiger partial charge in [0.2, 0.25) is 0 Å². The van der Waals surface area contributed by atoms with Crippen LogP contribution in [0.2, 0.25) is 0 Å². The van der Waals surface area contributed by atoms with Crippen LogP contribution in [-0.4, -0.2) is 29.7 Å². The Morgan fingerprint density at radius 2 is 2.42 bits per heavy atom. The summed E-state index contributed by atoms with van der Waals surface area (Å²) in [6, 6.07) is 0. The molecule has 0 aliphatic rings. The molecule has 2 N–H and O–H groups in total. The SMILES string of the molecule is CSC(=NCCCCO)NC#N. The highest BCUT2D eigenvalue weighted by Gasteiger charge is 1.92. The molecule has 0 aromatic heterocycles. The van der Waals surface area contributed by atoms with Crippen molar-refractivity contribution < 1.29 is 5.11 Å². The first kappa shape index (κ1) is 11.3. The van der Waals surface area contributed by atoms with Crippen LogP contribution in [0.5, 0.6) is 0 Å². The standard InChI is InChI=1S/C7H13N3OS/c1-12-7(10-6-8)9-4-2-3-5-11/h11H,2-5H2,1H3,(H,9,10). The van der Waals surface area contributed by atoms with Crippen molar-refractivity contribution in [1.29, 1.82) is 5.26 Å². The number of nitrogens with zero attached hydrogens (tertiary/aromatic N) is 2. The first-order chi connectivity index (χ1) is 5.85. The number of aliphatic hydroxyl groups excluding tert-OH is 1. The predicted octanol–water partition coefficient (Wildman–Crippen LogP) is 0.549. The van der Waals surface area contributed by atoms with E-state index in [1.807, 2.05) is 12.4 Å². The van der Waals surface area contributed by atoms with Crippen molar-refractivity contribution >= 4 is 16.9 Å². The maximum atomic E-state index is 8.47. The summed E-state index contributed by atoms with van der Waals surface area (Å²) in [6.45, 7) is 0.862. The molecule has 0 aliphatic carbocycles. The van der Waals surface area contributed by atoms with Crippen molar-refractivity contribution in [3.05, 3.63) is 0 Å². The lowest BCUT2D eigenvalue weighted by molar-refractivity contribution is 0.285. The van der Waals surface area contributed by atoms with Crippen LogP contribution >= 0.6 is 11.8 Å². The Balaban J connectivity index is 3.56. The molecular formula is C7H13N3OS. The third-order valence-corrected chi connectivity index (χ3v) is 1.80. The average molecular weight is 187 g/mol. The molecule has 0 rings (SSSR count). The summed E-state index contributed by atoms with van der Waals surface area (Å²) in [5.74, 6) is 0. The molecule has 0 unspecified atom stereocenters. The molecule has 0 aromatic rings. The molecule has 0 saturated heterocycles. The molecule has 0 atom stereocenters. The normalized spacial score (nSPS) is 10.9. The van der Waals surface area contributed by atoms with Crippen molar-refractivity contribution in [2.45, 2.75) is 12.8 Å². The van der Waals surface area contributed by atoms with Gasteiger partial charge in [-0.15, -0.1) is 0 Å². The Kier molecular flexibility index (Phi) is 7.86. The first-order valence-electron chi connectivity index (χ1n) is 3.69. The molecule has 0 amide bonds. The Morgan fingerprint density at radius 1 is 1.67 bits per heavy atom. The summed E-state index contributed by atoms with van der Waals surface area (Å²) in [5, 5.41) is 19.8. The number of aliphatic imine (C=N–C) groups is 1. The van der Waals surface area contributed by atoms with E-state index in [0.29, 0.717) is 11.7 Å². The molecule has 0 aliphatic heterocycles. The number of unbranched alkanes of at least 4 members (excludes halogenated alkanes) is 1. The lowest BCUT2D eigenvalue weighted by Crippen LogP contribution is -2.13. The number of thioether (sulfide) groups is 1. The number of aliphatic hydroxyl groups is 1. The van der Waals surface area contributed by atoms with E-state index < -0.39 is 0 Å². The fraction of sp³-hybridized carbons (Fsp3) is 0.714. The van der Waals surface area contributed by atoms with E-state index >= 15 is 0 Å². The average Bonchev–Trinajstić information content (AvgIpc) is 2.10. The van der Waals surface area contributed by atoms with Crippen LogP contribution in [0.3, 0.4) is 0 Å². The smallest absolute Gasteiger partial charge is 0.183 e. The second kappa shape index (κ2) is 8.37. The monoisotopic (exact) mass is 187 g/mol. The molecule has 0 radical (unpaired) electrons. The molecule has 12 heavy (non-hydrogen) atoms. The van der Waals surface area contributed by atoms with Gasteiger partial charge < -0.3 is 5.11 Å². The van der Waals surface area contributed by atoms with Gasteiger partial charge in [0.05, 0.1) is 0 Å². The molecule has 0 spiro atoms. The van der Waals surface area contributed by atoms with Gasteiger partial charge in [0.15, 0.2) is 11.4 Å². The van der Waals surface area contributed by atoms with Gasteiger partial charge in [-0.25, -0.2) is 0 Å². The summed E-state index contributed by atoms with van der Waals surface area (Å²) in [7, 11) is 0. The molecular weight excluding hydrogens is 174 g/mol. The van der Waals surface area contributed by atoms with E-state index in [-0.39, 0.29) is 6.61 Å². The molecule has 0 heterocycles. The molecule has 0 fully saturated rings. The van der Waals surface area contributed by atoms with Crippen molar-refractivity contribution in [2.24, 2.45) is 4.99 Å². The highest BCUT2D eigenvalue weighted by atomic mass is 32.2. The van der Waals surface area contributed by atoms with E-state index in [1.54, 1.807) is 0 Å².